The van der Waals surface area contributed by atoms with Crippen molar-refractivity contribution in [1.29, 1.82) is 0 Å². The minimum atomic E-state index is 0.492. The highest BCUT2D eigenvalue weighted by Crippen LogP contribution is 2.12. The van der Waals surface area contributed by atoms with Crippen molar-refractivity contribution in [1.82, 2.24) is 10.2 Å². The molecule has 1 atom stereocenters. The third kappa shape index (κ3) is 4.60. The largest absolute Gasteiger partial charge is 0.377 e. The van der Waals surface area contributed by atoms with E-state index in [0.717, 1.165) is 32.8 Å². The zero-order valence-electron chi connectivity index (χ0n) is 8.88. The van der Waals surface area contributed by atoms with Gasteiger partial charge in [0.1, 0.15) is 0 Å². The first kappa shape index (κ1) is 11.0. The zero-order chi connectivity index (χ0) is 9.52. The molecule has 3 nitrogen and oxygen atoms in total. The highest BCUT2D eigenvalue weighted by molar-refractivity contribution is 4.68. The van der Waals surface area contributed by atoms with Gasteiger partial charge in [-0.15, -0.1) is 0 Å². The lowest BCUT2D eigenvalue weighted by Gasteiger charge is -2.20. The minimum absolute atomic E-state index is 0.492. The first-order chi connectivity index (χ1) is 6.33. The quantitative estimate of drug-likeness (QED) is 0.618. The van der Waals surface area contributed by atoms with Gasteiger partial charge in [0.15, 0.2) is 0 Å². The SMILES string of the molecule is CCNCCN(C)C[C@H]1CCCO1. The van der Waals surface area contributed by atoms with Crippen LogP contribution in [-0.4, -0.2) is 50.8 Å². The van der Waals surface area contributed by atoms with Gasteiger partial charge >= 0.3 is 0 Å². The molecule has 0 aromatic heterocycles. The van der Waals surface area contributed by atoms with E-state index in [-0.39, 0.29) is 0 Å². The van der Waals surface area contributed by atoms with Gasteiger partial charge in [0.05, 0.1) is 6.10 Å². The molecule has 0 amide bonds. The topological polar surface area (TPSA) is 24.5 Å². The summed E-state index contributed by atoms with van der Waals surface area (Å²) in [5.41, 5.74) is 0. The summed E-state index contributed by atoms with van der Waals surface area (Å²) < 4.78 is 5.57. The Bertz CT molecular complexity index is 124. The molecular formula is C10H22N2O. The van der Waals surface area contributed by atoms with Gasteiger partial charge in [0.25, 0.3) is 0 Å². The van der Waals surface area contributed by atoms with Gasteiger partial charge in [-0.1, -0.05) is 6.92 Å². The summed E-state index contributed by atoms with van der Waals surface area (Å²) >= 11 is 0. The summed E-state index contributed by atoms with van der Waals surface area (Å²) in [5, 5.41) is 3.32. The van der Waals surface area contributed by atoms with E-state index in [1.807, 2.05) is 0 Å². The van der Waals surface area contributed by atoms with Crippen LogP contribution in [0.2, 0.25) is 0 Å². The molecule has 13 heavy (non-hydrogen) atoms. The lowest BCUT2D eigenvalue weighted by Crippen LogP contribution is -2.34. The molecule has 0 unspecified atom stereocenters. The number of hydrogen-bond acceptors (Lipinski definition) is 3. The molecule has 0 bridgehead atoms. The predicted molar refractivity (Wildman–Crippen MR) is 55.0 cm³/mol. The second-order valence-corrected chi connectivity index (χ2v) is 3.75. The molecular weight excluding hydrogens is 164 g/mol. The molecule has 1 fully saturated rings. The van der Waals surface area contributed by atoms with Gasteiger partial charge in [0, 0.05) is 26.2 Å². The maximum Gasteiger partial charge on any atom is 0.0702 e. The van der Waals surface area contributed by atoms with Crippen LogP contribution < -0.4 is 5.32 Å². The second kappa shape index (κ2) is 6.35. The lowest BCUT2D eigenvalue weighted by atomic mass is 10.2. The Balaban J connectivity index is 1.99. The van der Waals surface area contributed by atoms with Gasteiger partial charge in [-0.25, -0.2) is 0 Å². The number of hydrogen-bond donors (Lipinski definition) is 1. The van der Waals surface area contributed by atoms with Crippen LogP contribution in [0.25, 0.3) is 0 Å². The Labute approximate surface area is 81.4 Å². The first-order valence-electron chi connectivity index (χ1n) is 5.33. The highest BCUT2D eigenvalue weighted by Gasteiger charge is 2.16. The fraction of sp³-hybridized carbons (Fsp3) is 1.00. The second-order valence-electron chi connectivity index (χ2n) is 3.75. The van der Waals surface area contributed by atoms with Crippen LogP contribution in [0.3, 0.4) is 0 Å². The Morgan fingerprint density at radius 3 is 3.00 bits per heavy atom. The summed E-state index contributed by atoms with van der Waals surface area (Å²) in [5.74, 6) is 0. The Kier molecular flexibility index (Phi) is 5.35. The Morgan fingerprint density at radius 1 is 1.54 bits per heavy atom. The molecule has 0 aromatic rings. The molecule has 1 rings (SSSR count). The molecule has 1 aliphatic rings. The number of ether oxygens (including phenoxy) is 1. The summed E-state index contributed by atoms with van der Waals surface area (Å²) in [4.78, 5) is 2.35. The van der Waals surface area contributed by atoms with E-state index >= 15 is 0 Å². The molecule has 1 saturated heterocycles. The zero-order valence-corrected chi connectivity index (χ0v) is 8.88. The van der Waals surface area contributed by atoms with Crippen molar-refractivity contribution in [2.24, 2.45) is 0 Å². The van der Waals surface area contributed by atoms with Gasteiger partial charge in [-0.05, 0) is 26.4 Å². The summed E-state index contributed by atoms with van der Waals surface area (Å²) in [7, 11) is 2.17. The summed E-state index contributed by atoms with van der Waals surface area (Å²) in [6.07, 6.45) is 2.98. The standard InChI is InChI=1S/C10H22N2O/c1-3-11-6-7-12(2)9-10-5-4-8-13-10/h10-11H,3-9H2,1-2H3/t10-/m1/s1. The number of likely N-dealkylation sites (N-methyl/N-ethyl adjacent to an activating group) is 2. The fourth-order valence-corrected chi connectivity index (χ4v) is 1.67. The summed E-state index contributed by atoms with van der Waals surface area (Å²) in [6, 6.07) is 0. The average Bonchev–Trinajstić information content (AvgIpc) is 2.57. The first-order valence-corrected chi connectivity index (χ1v) is 5.33. The van der Waals surface area contributed by atoms with Crippen LogP contribution in [0, 0.1) is 0 Å². The van der Waals surface area contributed by atoms with E-state index in [4.69, 9.17) is 4.74 Å². The molecule has 3 heteroatoms. The van der Waals surface area contributed by atoms with E-state index < -0.39 is 0 Å². The molecule has 1 N–H and O–H groups in total. The van der Waals surface area contributed by atoms with Crippen molar-refractivity contribution < 1.29 is 4.74 Å². The molecule has 1 aliphatic heterocycles. The smallest absolute Gasteiger partial charge is 0.0702 e. The van der Waals surface area contributed by atoms with E-state index in [1.54, 1.807) is 0 Å². The molecule has 0 spiro atoms. The number of nitrogens with one attached hydrogen (secondary N) is 1. The molecule has 1 heterocycles. The molecule has 0 radical (unpaired) electrons. The van der Waals surface area contributed by atoms with E-state index in [2.05, 4.69) is 24.2 Å². The highest BCUT2D eigenvalue weighted by atomic mass is 16.5. The van der Waals surface area contributed by atoms with Crippen molar-refractivity contribution in [2.75, 3.05) is 39.8 Å². The van der Waals surface area contributed by atoms with E-state index in [1.165, 1.54) is 12.8 Å². The van der Waals surface area contributed by atoms with Crippen molar-refractivity contribution in [2.45, 2.75) is 25.9 Å². The predicted octanol–water partition coefficient (Wildman–Crippen LogP) is 0.707. The van der Waals surface area contributed by atoms with Crippen LogP contribution >= 0.6 is 0 Å². The summed E-state index contributed by atoms with van der Waals surface area (Å²) in [6.45, 7) is 7.46. The fourth-order valence-electron chi connectivity index (χ4n) is 1.67. The van der Waals surface area contributed by atoms with Crippen molar-refractivity contribution in [3.8, 4) is 0 Å². The Hall–Kier alpha value is -0.120. The van der Waals surface area contributed by atoms with Crippen LogP contribution in [0.1, 0.15) is 19.8 Å². The van der Waals surface area contributed by atoms with Gasteiger partial charge < -0.3 is 15.0 Å². The number of nitrogens with zero attached hydrogens (tertiary/aromatic N) is 1. The van der Waals surface area contributed by atoms with Crippen LogP contribution in [-0.2, 0) is 4.74 Å². The lowest BCUT2D eigenvalue weighted by molar-refractivity contribution is 0.0815. The Morgan fingerprint density at radius 2 is 2.38 bits per heavy atom. The van der Waals surface area contributed by atoms with Crippen molar-refractivity contribution in [3.63, 3.8) is 0 Å². The van der Waals surface area contributed by atoms with Crippen LogP contribution in [0.4, 0.5) is 0 Å². The monoisotopic (exact) mass is 186 g/mol. The minimum Gasteiger partial charge on any atom is -0.377 e. The maximum absolute atomic E-state index is 5.57. The number of rotatable bonds is 6. The molecule has 0 aliphatic carbocycles. The van der Waals surface area contributed by atoms with Crippen LogP contribution in [0.15, 0.2) is 0 Å². The van der Waals surface area contributed by atoms with E-state index in [0.29, 0.717) is 6.10 Å². The van der Waals surface area contributed by atoms with Gasteiger partial charge in [0.2, 0.25) is 0 Å². The third-order valence-electron chi connectivity index (χ3n) is 2.46. The third-order valence-corrected chi connectivity index (χ3v) is 2.46. The van der Waals surface area contributed by atoms with Gasteiger partial charge in [-0.3, -0.25) is 0 Å². The van der Waals surface area contributed by atoms with Gasteiger partial charge in [-0.2, -0.15) is 0 Å². The van der Waals surface area contributed by atoms with Crippen molar-refractivity contribution >= 4 is 0 Å². The van der Waals surface area contributed by atoms with E-state index in [9.17, 15) is 0 Å². The molecule has 0 aromatic carbocycles. The van der Waals surface area contributed by atoms with Crippen molar-refractivity contribution in [3.05, 3.63) is 0 Å². The average molecular weight is 186 g/mol. The molecule has 78 valence electrons. The maximum atomic E-state index is 5.57. The van der Waals surface area contributed by atoms with Crippen LogP contribution in [0.5, 0.6) is 0 Å². The molecule has 0 saturated carbocycles. The normalized spacial score (nSPS) is 22.8.